The second kappa shape index (κ2) is 15.7. The topological polar surface area (TPSA) is 127 Å². The number of hydrogen-bond acceptors (Lipinski definition) is 4. The molecule has 0 bridgehead atoms. The molecular formula is C23H44N2O4. The fourth-order valence-electron chi connectivity index (χ4n) is 4.58. The molecule has 6 nitrogen and oxygen atoms in total. The van der Waals surface area contributed by atoms with Gasteiger partial charge in [-0.3, -0.25) is 9.59 Å². The molecule has 2 rings (SSSR count). The van der Waals surface area contributed by atoms with Crippen molar-refractivity contribution in [2.45, 2.75) is 121 Å². The zero-order valence-electron chi connectivity index (χ0n) is 18.2. The van der Waals surface area contributed by atoms with Gasteiger partial charge in [0.15, 0.2) is 0 Å². The van der Waals surface area contributed by atoms with Gasteiger partial charge in [-0.15, -0.1) is 0 Å². The molecule has 0 unspecified atom stereocenters. The van der Waals surface area contributed by atoms with Gasteiger partial charge in [0.25, 0.3) is 0 Å². The maximum Gasteiger partial charge on any atom is 0.303 e. The lowest BCUT2D eigenvalue weighted by Gasteiger charge is -2.32. The highest BCUT2D eigenvalue weighted by Gasteiger charge is 2.24. The molecule has 0 aromatic carbocycles. The summed E-state index contributed by atoms with van der Waals surface area (Å²) in [7, 11) is 0. The Hall–Kier alpha value is -1.14. The van der Waals surface area contributed by atoms with Crippen molar-refractivity contribution in [2.24, 2.45) is 23.3 Å². The van der Waals surface area contributed by atoms with E-state index in [9.17, 15) is 9.59 Å². The van der Waals surface area contributed by atoms with E-state index < -0.39 is 11.9 Å². The minimum absolute atomic E-state index is 0.245. The van der Waals surface area contributed by atoms with Crippen LogP contribution in [0.3, 0.4) is 0 Å². The summed E-state index contributed by atoms with van der Waals surface area (Å²) in [4.78, 5) is 20.3. The van der Waals surface area contributed by atoms with Crippen molar-refractivity contribution in [1.82, 2.24) is 0 Å². The molecule has 2 aliphatic carbocycles. The summed E-state index contributed by atoms with van der Waals surface area (Å²) in [5.41, 5.74) is 11.9. The molecule has 0 radical (unpaired) electrons. The Balaban J connectivity index is 0.000000291. The molecule has 0 aliphatic heterocycles. The number of carboxylic acids is 2. The molecule has 2 fully saturated rings. The molecule has 6 heteroatoms. The van der Waals surface area contributed by atoms with Crippen LogP contribution in [-0.4, -0.2) is 34.2 Å². The van der Waals surface area contributed by atoms with E-state index in [0.717, 1.165) is 50.4 Å². The van der Waals surface area contributed by atoms with E-state index in [2.05, 4.69) is 0 Å². The van der Waals surface area contributed by atoms with Crippen LogP contribution < -0.4 is 11.5 Å². The second-order valence-electron chi connectivity index (χ2n) is 9.21. The highest BCUT2D eigenvalue weighted by molar-refractivity contribution is 5.66. The van der Waals surface area contributed by atoms with Crippen LogP contribution in [0.25, 0.3) is 0 Å². The highest BCUT2D eigenvalue weighted by atomic mass is 16.4. The van der Waals surface area contributed by atoms with Crippen LogP contribution in [0, 0.1) is 11.8 Å². The van der Waals surface area contributed by atoms with Gasteiger partial charge >= 0.3 is 11.9 Å². The maximum absolute atomic E-state index is 10.1. The minimum Gasteiger partial charge on any atom is -0.481 e. The quantitative estimate of drug-likeness (QED) is 0.365. The lowest BCUT2D eigenvalue weighted by Crippen LogP contribution is -2.30. The third-order valence-corrected chi connectivity index (χ3v) is 6.48. The zero-order chi connectivity index (χ0) is 21.5. The Bertz CT molecular complexity index is 402. The normalized spacial score (nSPS) is 27.0. The average Bonchev–Trinajstić information content (AvgIpc) is 2.67. The Labute approximate surface area is 176 Å². The van der Waals surface area contributed by atoms with Crippen molar-refractivity contribution < 1.29 is 19.8 Å². The molecule has 2 aliphatic rings. The van der Waals surface area contributed by atoms with Gasteiger partial charge in [0.2, 0.25) is 0 Å². The minimum atomic E-state index is -0.740. The zero-order valence-corrected chi connectivity index (χ0v) is 18.2. The number of carboxylic acid groups (broad SMARTS) is 2. The fraction of sp³-hybridized carbons (Fsp3) is 0.913. The molecule has 0 aromatic heterocycles. The molecular weight excluding hydrogens is 368 g/mol. The summed E-state index contributed by atoms with van der Waals surface area (Å²) in [6.45, 7) is 0. The summed E-state index contributed by atoms with van der Waals surface area (Å²) in [6.07, 6.45) is 17.8. The van der Waals surface area contributed by atoms with Crippen LogP contribution in [0.15, 0.2) is 0 Å². The van der Waals surface area contributed by atoms with Crippen molar-refractivity contribution in [3.8, 4) is 0 Å². The number of aliphatic carboxylic acids is 2. The SMILES string of the molecule is NC1CCC(CC2CCC(N)CC2)CC1.O=C(O)CCCCCCCCC(=O)O. The molecule has 0 heterocycles. The lowest BCUT2D eigenvalue weighted by atomic mass is 9.76. The Morgan fingerprint density at radius 2 is 0.897 bits per heavy atom. The summed E-state index contributed by atoms with van der Waals surface area (Å²) < 4.78 is 0. The summed E-state index contributed by atoms with van der Waals surface area (Å²) in [5, 5.41) is 16.7. The van der Waals surface area contributed by atoms with Gasteiger partial charge in [0, 0.05) is 24.9 Å². The van der Waals surface area contributed by atoms with Gasteiger partial charge in [0.1, 0.15) is 0 Å². The summed E-state index contributed by atoms with van der Waals surface area (Å²) >= 11 is 0. The third-order valence-electron chi connectivity index (χ3n) is 6.48. The van der Waals surface area contributed by atoms with Gasteiger partial charge in [-0.05, 0) is 82.5 Å². The van der Waals surface area contributed by atoms with Gasteiger partial charge in [-0.1, -0.05) is 25.7 Å². The monoisotopic (exact) mass is 412 g/mol. The van der Waals surface area contributed by atoms with Crippen LogP contribution in [0.4, 0.5) is 0 Å². The lowest BCUT2D eigenvalue weighted by molar-refractivity contribution is -0.138. The standard InChI is InChI=1S/C13H26N2.C10H18O4/c14-12-5-1-10(2-6-12)9-11-3-7-13(15)8-4-11;11-9(12)7-5-3-1-2-4-6-8-10(13)14/h10-13H,1-9,14-15H2;1-8H2,(H,11,12)(H,13,14). The first-order chi connectivity index (χ1) is 13.9. The summed E-state index contributed by atoms with van der Waals surface area (Å²) in [5.74, 6) is 0.472. The smallest absolute Gasteiger partial charge is 0.303 e. The van der Waals surface area contributed by atoms with Crippen LogP contribution in [0.2, 0.25) is 0 Å². The first kappa shape index (κ1) is 25.9. The fourth-order valence-corrected chi connectivity index (χ4v) is 4.58. The largest absolute Gasteiger partial charge is 0.481 e. The van der Waals surface area contributed by atoms with E-state index in [-0.39, 0.29) is 12.8 Å². The highest BCUT2D eigenvalue weighted by Crippen LogP contribution is 2.34. The Morgan fingerprint density at radius 1 is 0.586 bits per heavy atom. The van der Waals surface area contributed by atoms with Gasteiger partial charge in [-0.25, -0.2) is 0 Å². The average molecular weight is 413 g/mol. The van der Waals surface area contributed by atoms with Crippen molar-refractivity contribution in [2.75, 3.05) is 0 Å². The van der Waals surface area contributed by atoms with Crippen LogP contribution in [0.1, 0.15) is 109 Å². The molecule has 2 saturated carbocycles. The van der Waals surface area contributed by atoms with E-state index in [4.69, 9.17) is 21.7 Å². The van der Waals surface area contributed by atoms with Gasteiger partial charge in [-0.2, -0.15) is 0 Å². The number of nitrogens with two attached hydrogens (primary N) is 2. The molecule has 0 aromatic rings. The number of rotatable bonds is 11. The van der Waals surface area contributed by atoms with E-state index in [1.807, 2.05) is 0 Å². The van der Waals surface area contributed by atoms with Crippen molar-refractivity contribution >= 4 is 11.9 Å². The first-order valence-corrected chi connectivity index (χ1v) is 11.8. The molecule has 6 N–H and O–H groups in total. The number of hydrogen-bond donors (Lipinski definition) is 4. The van der Waals surface area contributed by atoms with Gasteiger partial charge < -0.3 is 21.7 Å². The summed E-state index contributed by atoms with van der Waals surface area (Å²) in [6, 6.07) is 1.00. The molecule has 0 amide bonds. The first-order valence-electron chi connectivity index (χ1n) is 11.8. The second-order valence-corrected chi connectivity index (χ2v) is 9.21. The van der Waals surface area contributed by atoms with Crippen molar-refractivity contribution in [1.29, 1.82) is 0 Å². The van der Waals surface area contributed by atoms with Crippen LogP contribution in [-0.2, 0) is 9.59 Å². The molecule has 0 spiro atoms. The van der Waals surface area contributed by atoms with Crippen molar-refractivity contribution in [3.63, 3.8) is 0 Å². The van der Waals surface area contributed by atoms with Crippen molar-refractivity contribution in [3.05, 3.63) is 0 Å². The van der Waals surface area contributed by atoms with E-state index in [1.54, 1.807) is 0 Å². The Morgan fingerprint density at radius 3 is 1.21 bits per heavy atom. The predicted octanol–water partition coefficient (Wildman–Crippen LogP) is 4.69. The van der Waals surface area contributed by atoms with E-state index >= 15 is 0 Å². The molecule has 29 heavy (non-hydrogen) atoms. The van der Waals surface area contributed by atoms with E-state index in [1.165, 1.54) is 57.8 Å². The third kappa shape index (κ3) is 14.5. The Kier molecular flexibility index (Phi) is 14.0. The van der Waals surface area contributed by atoms with E-state index in [0.29, 0.717) is 12.1 Å². The molecule has 0 atom stereocenters. The van der Waals surface area contributed by atoms with Crippen LogP contribution >= 0.6 is 0 Å². The molecule has 0 saturated heterocycles. The number of unbranched alkanes of at least 4 members (excludes halogenated alkanes) is 5. The molecule has 170 valence electrons. The predicted molar refractivity (Wildman–Crippen MR) is 117 cm³/mol. The number of carbonyl (C=O) groups is 2. The van der Waals surface area contributed by atoms with Crippen LogP contribution in [0.5, 0.6) is 0 Å². The van der Waals surface area contributed by atoms with Gasteiger partial charge in [0.05, 0.1) is 0 Å². The maximum atomic E-state index is 10.1.